The Morgan fingerprint density at radius 2 is 1.12 bits per heavy atom. The molecule has 0 spiro atoms. The molecule has 0 aromatic rings. The van der Waals surface area contributed by atoms with Crippen molar-refractivity contribution < 1.29 is 52.5 Å². The van der Waals surface area contributed by atoms with E-state index in [1.54, 1.807) is 0 Å². The predicted octanol–water partition coefficient (Wildman–Crippen LogP) is 1.90. The smallest absolute Gasteiger partial charge is 0.104 e. The van der Waals surface area contributed by atoms with Gasteiger partial charge in [0.2, 0.25) is 0 Å². The van der Waals surface area contributed by atoms with Crippen molar-refractivity contribution in [3.63, 3.8) is 0 Å². The number of hydrogen-bond donors (Lipinski definition) is 1. The summed E-state index contributed by atoms with van der Waals surface area (Å²) in [6, 6.07) is 0. The fraction of sp³-hybridized carbons (Fsp3) is 1.00. The van der Waals surface area contributed by atoms with Crippen molar-refractivity contribution in [2.45, 2.75) is 107 Å². The summed E-state index contributed by atoms with van der Waals surface area (Å²) < 4.78 is 57.5. The highest BCUT2D eigenvalue weighted by molar-refractivity contribution is 4.84. The molecule has 0 radical (unpaired) electrons. The highest BCUT2D eigenvalue weighted by Gasteiger charge is 2.35. The second kappa shape index (κ2) is 15.9. The van der Waals surface area contributed by atoms with E-state index in [4.69, 9.17) is 47.4 Å². The molecule has 234 valence electrons. The average Bonchev–Trinajstić information content (AvgIpc) is 3.77. The molecule has 4 aliphatic heterocycles. The van der Waals surface area contributed by atoms with E-state index in [9.17, 15) is 5.11 Å². The Balaban J connectivity index is 1.16. The van der Waals surface area contributed by atoms with Gasteiger partial charge in [-0.3, -0.25) is 0 Å². The lowest BCUT2D eigenvalue weighted by Crippen LogP contribution is -2.39. The van der Waals surface area contributed by atoms with Crippen LogP contribution in [0.25, 0.3) is 0 Å². The van der Waals surface area contributed by atoms with Crippen LogP contribution in [0.5, 0.6) is 0 Å². The first kappa shape index (κ1) is 32.5. The Morgan fingerprint density at radius 1 is 0.650 bits per heavy atom. The molecule has 0 aromatic carbocycles. The van der Waals surface area contributed by atoms with Crippen molar-refractivity contribution >= 4 is 0 Å². The molecule has 9 unspecified atom stereocenters. The molecule has 4 fully saturated rings. The summed E-state index contributed by atoms with van der Waals surface area (Å²) in [5.41, 5.74) is -0.793. The van der Waals surface area contributed by atoms with Gasteiger partial charge in [-0.1, -0.05) is 13.8 Å². The zero-order valence-corrected chi connectivity index (χ0v) is 24.9. The predicted molar refractivity (Wildman–Crippen MR) is 145 cm³/mol. The van der Waals surface area contributed by atoms with Crippen LogP contribution in [0.15, 0.2) is 0 Å². The average molecular weight is 577 g/mol. The molecule has 4 aliphatic rings. The van der Waals surface area contributed by atoms with Crippen molar-refractivity contribution in [3.8, 4) is 0 Å². The first-order valence-corrected chi connectivity index (χ1v) is 15.1. The maximum absolute atomic E-state index is 10.8. The Hall–Kier alpha value is -0.440. The van der Waals surface area contributed by atoms with Crippen LogP contribution in [0.3, 0.4) is 0 Å². The Kier molecular flexibility index (Phi) is 12.9. The standard InChI is InChI=1S/C29H52O11/c1-5-28(3,39-19-25(36-16-27-18-38-27)12-32-10-23-14-34-23)7-21(30)9-31-11-24(35-15-26-17-37-26)20-40-29(4,6-2)8-22-13-33-22/h21-27,30H,5-20H2,1-4H3. The molecular formula is C29H52O11. The van der Waals surface area contributed by atoms with E-state index in [0.717, 1.165) is 45.7 Å². The molecule has 4 heterocycles. The fourth-order valence-electron chi connectivity index (χ4n) is 4.36. The number of aliphatic hydroxyl groups excluding tert-OH is 1. The molecule has 0 aromatic heterocycles. The van der Waals surface area contributed by atoms with E-state index in [1.165, 1.54) is 0 Å². The lowest BCUT2D eigenvalue weighted by molar-refractivity contribution is -0.135. The van der Waals surface area contributed by atoms with Crippen LogP contribution >= 0.6 is 0 Å². The third-order valence-electron chi connectivity index (χ3n) is 7.92. The van der Waals surface area contributed by atoms with Gasteiger partial charge in [-0.2, -0.15) is 0 Å². The van der Waals surface area contributed by atoms with Gasteiger partial charge in [-0.05, 0) is 26.7 Å². The molecule has 11 nitrogen and oxygen atoms in total. The van der Waals surface area contributed by atoms with Crippen molar-refractivity contribution in [1.29, 1.82) is 0 Å². The summed E-state index contributed by atoms with van der Waals surface area (Å²) in [6.07, 6.45) is 2.62. The quantitative estimate of drug-likeness (QED) is 0.152. The van der Waals surface area contributed by atoms with Gasteiger partial charge in [0.05, 0.1) is 103 Å². The van der Waals surface area contributed by atoms with Crippen LogP contribution in [0.2, 0.25) is 0 Å². The molecular weight excluding hydrogens is 524 g/mol. The third kappa shape index (κ3) is 13.2. The van der Waals surface area contributed by atoms with Crippen molar-refractivity contribution in [2.75, 3.05) is 79.3 Å². The van der Waals surface area contributed by atoms with E-state index < -0.39 is 11.7 Å². The van der Waals surface area contributed by atoms with Gasteiger partial charge >= 0.3 is 0 Å². The van der Waals surface area contributed by atoms with Crippen LogP contribution in [0, 0.1) is 0 Å². The van der Waals surface area contributed by atoms with Gasteiger partial charge in [0.25, 0.3) is 0 Å². The maximum Gasteiger partial charge on any atom is 0.104 e. The van der Waals surface area contributed by atoms with E-state index in [0.29, 0.717) is 58.8 Å². The Labute approximate surface area is 239 Å². The van der Waals surface area contributed by atoms with E-state index in [1.807, 2.05) is 6.92 Å². The summed E-state index contributed by atoms with van der Waals surface area (Å²) in [7, 11) is 0. The van der Waals surface area contributed by atoms with Crippen LogP contribution in [0.1, 0.15) is 53.4 Å². The first-order valence-electron chi connectivity index (χ1n) is 15.1. The summed E-state index contributed by atoms with van der Waals surface area (Å²) in [5.74, 6) is 0. The molecule has 4 saturated heterocycles. The summed E-state index contributed by atoms with van der Waals surface area (Å²) in [4.78, 5) is 0. The van der Waals surface area contributed by atoms with Gasteiger partial charge in [-0.15, -0.1) is 0 Å². The van der Waals surface area contributed by atoms with Crippen molar-refractivity contribution in [2.24, 2.45) is 0 Å². The topological polar surface area (TPSA) is 126 Å². The van der Waals surface area contributed by atoms with Crippen molar-refractivity contribution in [3.05, 3.63) is 0 Å². The van der Waals surface area contributed by atoms with E-state index in [2.05, 4.69) is 20.8 Å². The number of hydrogen-bond acceptors (Lipinski definition) is 11. The largest absolute Gasteiger partial charge is 0.391 e. The van der Waals surface area contributed by atoms with Gasteiger partial charge in [0.15, 0.2) is 0 Å². The molecule has 0 saturated carbocycles. The van der Waals surface area contributed by atoms with Gasteiger partial charge in [-0.25, -0.2) is 0 Å². The van der Waals surface area contributed by atoms with Gasteiger partial charge < -0.3 is 52.5 Å². The number of ether oxygens (including phenoxy) is 10. The van der Waals surface area contributed by atoms with Crippen LogP contribution in [-0.2, 0) is 47.4 Å². The van der Waals surface area contributed by atoms with E-state index in [-0.39, 0.29) is 42.7 Å². The number of rotatable bonds is 26. The highest BCUT2D eigenvalue weighted by atomic mass is 16.6. The molecule has 40 heavy (non-hydrogen) atoms. The second-order valence-electron chi connectivity index (χ2n) is 12.1. The normalized spacial score (nSPS) is 30.2. The van der Waals surface area contributed by atoms with Gasteiger partial charge in [0.1, 0.15) is 30.5 Å². The molecule has 9 atom stereocenters. The summed E-state index contributed by atoms with van der Waals surface area (Å²) in [6.45, 7) is 14.7. The minimum Gasteiger partial charge on any atom is -0.391 e. The first-order chi connectivity index (χ1) is 19.3. The number of aliphatic hydroxyl groups is 1. The second-order valence-corrected chi connectivity index (χ2v) is 12.1. The van der Waals surface area contributed by atoms with Crippen LogP contribution in [0.4, 0.5) is 0 Å². The SMILES string of the molecule is CCC(C)(CC(O)COCC(COC(C)(CC)CC1CO1)OCC1CO1)OCC(COCC1CO1)OCC1CO1. The third-order valence-corrected chi connectivity index (χ3v) is 7.92. The van der Waals surface area contributed by atoms with Gasteiger partial charge in [0, 0.05) is 12.8 Å². The molecule has 4 rings (SSSR count). The lowest BCUT2D eigenvalue weighted by Gasteiger charge is -2.33. The Bertz CT molecular complexity index is 712. The zero-order chi connectivity index (χ0) is 28.4. The molecule has 0 amide bonds. The van der Waals surface area contributed by atoms with E-state index >= 15 is 0 Å². The van der Waals surface area contributed by atoms with Crippen LogP contribution in [-0.4, -0.2) is 138 Å². The molecule has 0 aliphatic carbocycles. The zero-order valence-electron chi connectivity index (χ0n) is 24.9. The lowest BCUT2D eigenvalue weighted by atomic mass is 9.95. The minimum atomic E-state index is -0.686. The molecule has 1 N–H and O–H groups in total. The van der Waals surface area contributed by atoms with Crippen LogP contribution < -0.4 is 0 Å². The Morgan fingerprint density at radius 3 is 1.62 bits per heavy atom. The fourth-order valence-corrected chi connectivity index (χ4v) is 4.36. The summed E-state index contributed by atoms with van der Waals surface area (Å²) >= 11 is 0. The van der Waals surface area contributed by atoms with Crippen molar-refractivity contribution in [1.82, 2.24) is 0 Å². The highest BCUT2D eigenvalue weighted by Crippen LogP contribution is 2.29. The molecule has 0 bridgehead atoms. The monoisotopic (exact) mass is 576 g/mol. The summed E-state index contributed by atoms with van der Waals surface area (Å²) in [5, 5.41) is 10.8. The molecule has 11 heteroatoms. The maximum atomic E-state index is 10.8. The minimum absolute atomic E-state index is 0.157. The number of epoxide rings is 4.